The highest BCUT2D eigenvalue weighted by Gasteiger charge is 2.04. The number of aryl methyl sites for hydroxylation is 2. The zero-order valence-corrected chi connectivity index (χ0v) is 12.0. The fourth-order valence-corrected chi connectivity index (χ4v) is 3.04. The lowest BCUT2D eigenvalue weighted by Crippen LogP contribution is -2.09. The van der Waals surface area contributed by atoms with E-state index < -0.39 is 0 Å². The summed E-state index contributed by atoms with van der Waals surface area (Å²) in [5, 5.41) is 3.35. The van der Waals surface area contributed by atoms with Crippen molar-refractivity contribution in [2.45, 2.75) is 13.0 Å². The molecule has 0 radical (unpaired) electrons. The number of thiophene rings is 1. The first-order chi connectivity index (χ1) is 9.24. The predicted octanol–water partition coefficient (Wildman–Crippen LogP) is 3.58. The van der Waals surface area contributed by atoms with E-state index in [4.69, 9.17) is 18.0 Å². The first kappa shape index (κ1) is 12.4. The van der Waals surface area contributed by atoms with Crippen molar-refractivity contribution < 1.29 is 0 Å². The largest absolute Gasteiger partial charge is 0.389 e. The summed E-state index contributed by atoms with van der Waals surface area (Å²) >= 11 is 6.85. The summed E-state index contributed by atoms with van der Waals surface area (Å²) < 4.78 is 2.26. The molecule has 0 saturated heterocycles. The number of benzene rings is 1. The molecular weight excluding hydrogens is 272 g/mol. The maximum atomic E-state index is 5.70. The SMILES string of the molecule is NC(=S)c1ccc2ccn(CCc3cccs3)c2c1. The molecule has 0 atom stereocenters. The third-order valence-corrected chi connectivity index (χ3v) is 4.41. The molecule has 0 saturated carbocycles. The normalized spacial score (nSPS) is 10.9. The number of fused-ring (bicyclic) bond motifs is 1. The molecular formula is C15H14N2S2. The molecule has 4 heteroatoms. The van der Waals surface area contributed by atoms with Gasteiger partial charge in [-0.1, -0.05) is 30.4 Å². The van der Waals surface area contributed by atoms with Crippen molar-refractivity contribution in [3.8, 4) is 0 Å². The standard InChI is InChI=1S/C15H14N2S2/c16-15(18)12-4-3-11-5-7-17(14(11)10-12)8-6-13-2-1-9-19-13/h1-5,7,9-10H,6,8H2,(H2,16,18). The van der Waals surface area contributed by atoms with E-state index in [9.17, 15) is 0 Å². The van der Waals surface area contributed by atoms with Gasteiger partial charge in [-0.3, -0.25) is 0 Å². The molecule has 3 aromatic rings. The van der Waals surface area contributed by atoms with E-state index in [1.54, 1.807) is 11.3 Å². The molecule has 3 rings (SSSR count). The lowest BCUT2D eigenvalue weighted by atomic mass is 10.1. The molecule has 19 heavy (non-hydrogen) atoms. The van der Waals surface area contributed by atoms with E-state index in [-0.39, 0.29) is 0 Å². The molecule has 0 aliphatic heterocycles. The Labute approximate surface area is 121 Å². The van der Waals surface area contributed by atoms with Crippen LogP contribution in [0.2, 0.25) is 0 Å². The Morgan fingerprint density at radius 2 is 2.16 bits per heavy atom. The van der Waals surface area contributed by atoms with Crippen molar-refractivity contribution in [1.29, 1.82) is 0 Å². The Morgan fingerprint density at radius 3 is 2.89 bits per heavy atom. The summed E-state index contributed by atoms with van der Waals surface area (Å²) in [5.74, 6) is 0. The Morgan fingerprint density at radius 1 is 1.26 bits per heavy atom. The fourth-order valence-electron chi connectivity index (χ4n) is 2.22. The van der Waals surface area contributed by atoms with Crippen LogP contribution in [-0.2, 0) is 13.0 Å². The summed E-state index contributed by atoms with van der Waals surface area (Å²) in [6, 6.07) is 12.5. The van der Waals surface area contributed by atoms with E-state index in [1.165, 1.54) is 15.8 Å². The molecule has 0 aliphatic rings. The van der Waals surface area contributed by atoms with Crippen molar-refractivity contribution in [3.05, 3.63) is 58.4 Å². The van der Waals surface area contributed by atoms with Crippen LogP contribution in [0.1, 0.15) is 10.4 Å². The van der Waals surface area contributed by atoms with Gasteiger partial charge in [-0.05, 0) is 35.4 Å². The van der Waals surface area contributed by atoms with Crippen LogP contribution in [0, 0.1) is 0 Å². The molecule has 2 N–H and O–H groups in total. The van der Waals surface area contributed by atoms with Crippen molar-refractivity contribution in [2.24, 2.45) is 5.73 Å². The molecule has 0 aliphatic carbocycles. The Hall–Kier alpha value is -1.65. The van der Waals surface area contributed by atoms with Crippen molar-refractivity contribution in [3.63, 3.8) is 0 Å². The van der Waals surface area contributed by atoms with Gasteiger partial charge in [0.25, 0.3) is 0 Å². The lowest BCUT2D eigenvalue weighted by Gasteiger charge is -2.06. The Kier molecular flexibility index (Phi) is 3.36. The highest BCUT2D eigenvalue weighted by Crippen LogP contribution is 2.19. The van der Waals surface area contributed by atoms with Crippen LogP contribution in [0.3, 0.4) is 0 Å². The number of thiocarbonyl (C=S) groups is 1. The minimum absolute atomic E-state index is 0.452. The maximum absolute atomic E-state index is 5.70. The predicted molar refractivity (Wildman–Crippen MR) is 85.8 cm³/mol. The van der Waals surface area contributed by atoms with Crippen LogP contribution in [-0.4, -0.2) is 9.56 Å². The molecule has 0 amide bonds. The van der Waals surface area contributed by atoms with E-state index in [2.05, 4.69) is 46.5 Å². The molecule has 0 spiro atoms. The van der Waals surface area contributed by atoms with Crippen LogP contribution < -0.4 is 5.73 Å². The van der Waals surface area contributed by atoms with Gasteiger partial charge in [-0.25, -0.2) is 0 Å². The fraction of sp³-hybridized carbons (Fsp3) is 0.133. The average molecular weight is 286 g/mol. The van der Waals surface area contributed by atoms with Crippen molar-refractivity contribution in [1.82, 2.24) is 4.57 Å². The second kappa shape index (κ2) is 5.15. The highest BCUT2D eigenvalue weighted by atomic mass is 32.1. The number of aromatic nitrogens is 1. The molecule has 96 valence electrons. The number of hydrogen-bond acceptors (Lipinski definition) is 2. The van der Waals surface area contributed by atoms with Gasteiger partial charge in [0.1, 0.15) is 4.99 Å². The van der Waals surface area contributed by atoms with Crippen molar-refractivity contribution in [2.75, 3.05) is 0 Å². The Balaban J connectivity index is 1.90. The number of hydrogen-bond donors (Lipinski definition) is 1. The van der Waals surface area contributed by atoms with Crippen LogP contribution in [0.5, 0.6) is 0 Å². The summed E-state index contributed by atoms with van der Waals surface area (Å²) in [6.45, 7) is 0.977. The van der Waals surface area contributed by atoms with Crippen LogP contribution in [0.15, 0.2) is 48.0 Å². The summed E-state index contributed by atoms with van der Waals surface area (Å²) in [7, 11) is 0. The first-order valence-electron chi connectivity index (χ1n) is 6.15. The first-order valence-corrected chi connectivity index (χ1v) is 7.44. The topological polar surface area (TPSA) is 30.9 Å². The van der Waals surface area contributed by atoms with E-state index in [0.29, 0.717) is 4.99 Å². The smallest absolute Gasteiger partial charge is 0.104 e. The highest BCUT2D eigenvalue weighted by molar-refractivity contribution is 7.80. The molecule has 0 fully saturated rings. The van der Waals surface area contributed by atoms with E-state index >= 15 is 0 Å². The zero-order chi connectivity index (χ0) is 13.2. The van der Waals surface area contributed by atoms with E-state index in [0.717, 1.165) is 18.5 Å². The molecule has 2 nitrogen and oxygen atoms in total. The summed E-state index contributed by atoms with van der Waals surface area (Å²) in [5.41, 5.74) is 7.82. The maximum Gasteiger partial charge on any atom is 0.104 e. The molecule has 2 aromatic heterocycles. The molecule has 2 heterocycles. The van der Waals surface area contributed by atoms with Gasteiger partial charge in [0, 0.05) is 28.7 Å². The van der Waals surface area contributed by atoms with Gasteiger partial charge in [-0.15, -0.1) is 11.3 Å². The second-order valence-electron chi connectivity index (χ2n) is 4.48. The summed E-state index contributed by atoms with van der Waals surface area (Å²) in [4.78, 5) is 1.86. The number of nitrogens with two attached hydrogens (primary N) is 1. The quantitative estimate of drug-likeness (QED) is 0.743. The minimum Gasteiger partial charge on any atom is -0.389 e. The molecule has 1 aromatic carbocycles. The molecule has 0 unspecified atom stereocenters. The number of rotatable bonds is 4. The van der Waals surface area contributed by atoms with Crippen LogP contribution >= 0.6 is 23.6 Å². The van der Waals surface area contributed by atoms with Gasteiger partial charge in [-0.2, -0.15) is 0 Å². The second-order valence-corrected chi connectivity index (χ2v) is 5.95. The van der Waals surface area contributed by atoms with Gasteiger partial charge in [0.05, 0.1) is 0 Å². The molecule has 0 bridgehead atoms. The zero-order valence-electron chi connectivity index (χ0n) is 10.4. The van der Waals surface area contributed by atoms with Crippen LogP contribution in [0.4, 0.5) is 0 Å². The lowest BCUT2D eigenvalue weighted by molar-refractivity contribution is 0.730. The summed E-state index contributed by atoms with van der Waals surface area (Å²) in [6.07, 6.45) is 3.18. The van der Waals surface area contributed by atoms with E-state index in [1.807, 2.05) is 6.07 Å². The van der Waals surface area contributed by atoms with Gasteiger partial charge < -0.3 is 10.3 Å². The third kappa shape index (κ3) is 2.55. The van der Waals surface area contributed by atoms with Gasteiger partial charge in [0.2, 0.25) is 0 Å². The van der Waals surface area contributed by atoms with Gasteiger partial charge in [0.15, 0.2) is 0 Å². The van der Waals surface area contributed by atoms with Crippen LogP contribution in [0.25, 0.3) is 10.9 Å². The average Bonchev–Trinajstić information content (AvgIpc) is 3.05. The van der Waals surface area contributed by atoms with Gasteiger partial charge >= 0.3 is 0 Å². The van der Waals surface area contributed by atoms with Crippen molar-refractivity contribution >= 4 is 39.4 Å². The monoisotopic (exact) mass is 286 g/mol. The minimum atomic E-state index is 0.452. The number of nitrogens with zero attached hydrogens (tertiary/aromatic N) is 1. The third-order valence-electron chi connectivity index (χ3n) is 3.24. The Bertz CT molecular complexity index is 711.